The van der Waals surface area contributed by atoms with E-state index >= 15 is 0 Å². The summed E-state index contributed by atoms with van der Waals surface area (Å²) in [5, 5.41) is -0.566. The minimum atomic E-state index is -3.15. The van der Waals surface area contributed by atoms with Crippen molar-refractivity contribution < 1.29 is 13.2 Å². The Hall–Kier alpha value is -0.630. The van der Waals surface area contributed by atoms with Crippen molar-refractivity contribution in [3.05, 3.63) is 27.7 Å². The third kappa shape index (κ3) is 3.33. The van der Waals surface area contributed by atoms with Crippen molar-refractivity contribution in [2.45, 2.75) is 31.1 Å². The summed E-state index contributed by atoms with van der Waals surface area (Å²) in [5.41, 5.74) is 4.74. The van der Waals surface area contributed by atoms with Crippen molar-refractivity contribution in [2.24, 2.45) is 5.84 Å². The molecule has 7 heteroatoms. The lowest BCUT2D eigenvalue weighted by atomic mass is 10.0. The number of fused-ring (bicyclic) bond motifs is 1. The first-order valence-electron chi connectivity index (χ1n) is 6.42. The average molecular weight is 363 g/mol. The SMILES string of the molecule is CC(C(Cc1cc(Br)cc2c1OCC2)NN)S(C)(=O)=O. The second-order valence-corrected chi connectivity index (χ2v) is 8.48. The molecule has 1 aromatic rings. The van der Waals surface area contributed by atoms with Gasteiger partial charge in [-0.25, -0.2) is 8.42 Å². The molecule has 0 saturated heterocycles. The molecule has 1 aliphatic heterocycles. The molecule has 5 nitrogen and oxygen atoms in total. The minimum absolute atomic E-state index is 0.354. The van der Waals surface area contributed by atoms with Crippen molar-refractivity contribution in [1.29, 1.82) is 0 Å². The summed E-state index contributed by atoms with van der Waals surface area (Å²) >= 11 is 3.48. The second kappa shape index (κ2) is 6.01. The van der Waals surface area contributed by atoms with Gasteiger partial charge in [-0.3, -0.25) is 11.3 Å². The molecule has 2 unspecified atom stereocenters. The summed E-state index contributed by atoms with van der Waals surface area (Å²) in [6, 6.07) is 3.65. The molecule has 0 radical (unpaired) electrons. The molecule has 112 valence electrons. The van der Waals surface area contributed by atoms with Crippen molar-refractivity contribution in [3.8, 4) is 5.75 Å². The summed E-state index contributed by atoms with van der Waals surface area (Å²) in [4.78, 5) is 0. The first-order chi connectivity index (χ1) is 9.32. The molecule has 0 bridgehead atoms. The molecule has 3 N–H and O–H groups in total. The molecule has 0 spiro atoms. The van der Waals surface area contributed by atoms with E-state index in [9.17, 15) is 8.42 Å². The standard InChI is InChI=1S/C13H19BrN2O3S/c1-8(20(2,17)18)12(16-15)7-10-6-11(14)5-9-3-4-19-13(9)10/h5-6,8,12,16H,3-4,7,15H2,1-2H3. The first kappa shape index (κ1) is 15.8. The summed E-state index contributed by atoms with van der Waals surface area (Å²) in [7, 11) is -3.15. The number of benzene rings is 1. The fraction of sp³-hybridized carbons (Fsp3) is 0.538. The zero-order valence-corrected chi connectivity index (χ0v) is 13.9. The van der Waals surface area contributed by atoms with Crippen LogP contribution in [0.2, 0.25) is 0 Å². The summed E-state index contributed by atoms with van der Waals surface area (Å²) in [6.45, 7) is 2.33. The molecular formula is C13H19BrN2O3S. The topological polar surface area (TPSA) is 81.4 Å². The Kier molecular flexibility index (Phi) is 4.73. The maximum absolute atomic E-state index is 11.7. The smallest absolute Gasteiger partial charge is 0.151 e. The molecular weight excluding hydrogens is 344 g/mol. The lowest BCUT2D eigenvalue weighted by molar-refractivity contribution is 0.351. The van der Waals surface area contributed by atoms with Crippen LogP contribution in [0.25, 0.3) is 0 Å². The van der Waals surface area contributed by atoms with Crippen LogP contribution in [-0.2, 0) is 22.7 Å². The summed E-state index contributed by atoms with van der Waals surface area (Å²) < 4.78 is 30.0. The fourth-order valence-electron chi connectivity index (χ4n) is 2.39. The number of halogens is 1. The number of hydrogen-bond donors (Lipinski definition) is 2. The van der Waals surface area contributed by atoms with E-state index in [-0.39, 0.29) is 6.04 Å². The molecule has 2 rings (SSSR count). The number of ether oxygens (including phenoxy) is 1. The highest BCUT2D eigenvalue weighted by Gasteiger charge is 2.27. The Balaban J connectivity index is 2.29. The van der Waals surface area contributed by atoms with E-state index in [4.69, 9.17) is 10.6 Å². The van der Waals surface area contributed by atoms with Gasteiger partial charge in [0.25, 0.3) is 0 Å². The highest BCUT2D eigenvalue weighted by atomic mass is 79.9. The normalized spacial score (nSPS) is 17.4. The van der Waals surface area contributed by atoms with E-state index in [1.165, 1.54) is 6.26 Å². The third-order valence-electron chi connectivity index (χ3n) is 3.72. The van der Waals surface area contributed by atoms with Crippen molar-refractivity contribution in [3.63, 3.8) is 0 Å². The van der Waals surface area contributed by atoms with E-state index in [0.717, 1.165) is 27.8 Å². The number of nitrogens with two attached hydrogens (primary N) is 1. The van der Waals surface area contributed by atoms with Gasteiger partial charge in [-0.2, -0.15) is 0 Å². The van der Waals surface area contributed by atoms with Crippen molar-refractivity contribution in [2.75, 3.05) is 12.9 Å². The Labute approximate surface area is 127 Å². The fourth-order valence-corrected chi connectivity index (χ4v) is 3.72. The lowest BCUT2D eigenvalue weighted by Gasteiger charge is -2.23. The maximum Gasteiger partial charge on any atom is 0.151 e. The Morgan fingerprint density at radius 2 is 2.20 bits per heavy atom. The van der Waals surface area contributed by atoms with Crippen LogP contribution in [0.15, 0.2) is 16.6 Å². The maximum atomic E-state index is 11.7. The van der Waals surface area contributed by atoms with Gasteiger partial charge in [-0.1, -0.05) is 15.9 Å². The number of sulfone groups is 1. The van der Waals surface area contributed by atoms with E-state index < -0.39 is 15.1 Å². The van der Waals surface area contributed by atoms with Gasteiger partial charge >= 0.3 is 0 Å². The Morgan fingerprint density at radius 1 is 1.50 bits per heavy atom. The molecule has 0 amide bonds. The van der Waals surface area contributed by atoms with E-state index in [1.54, 1.807) is 6.92 Å². The van der Waals surface area contributed by atoms with Gasteiger partial charge in [0, 0.05) is 23.2 Å². The van der Waals surface area contributed by atoms with Gasteiger partial charge in [0.15, 0.2) is 9.84 Å². The van der Waals surface area contributed by atoms with Crippen LogP contribution in [0.1, 0.15) is 18.1 Å². The van der Waals surface area contributed by atoms with Crippen LogP contribution in [0.4, 0.5) is 0 Å². The molecule has 0 fully saturated rings. The zero-order valence-electron chi connectivity index (χ0n) is 11.5. The largest absolute Gasteiger partial charge is 0.493 e. The van der Waals surface area contributed by atoms with Crippen molar-refractivity contribution in [1.82, 2.24) is 5.43 Å². The van der Waals surface area contributed by atoms with Crippen LogP contribution in [0.5, 0.6) is 5.75 Å². The quantitative estimate of drug-likeness (QED) is 0.607. The first-order valence-corrected chi connectivity index (χ1v) is 9.16. The predicted octanol–water partition coefficient (Wildman–Crippen LogP) is 1.19. The van der Waals surface area contributed by atoms with Gasteiger partial charge < -0.3 is 4.74 Å². The van der Waals surface area contributed by atoms with Gasteiger partial charge in [-0.05, 0) is 36.6 Å². The number of rotatable bonds is 5. The van der Waals surface area contributed by atoms with Gasteiger partial charge in [0.1, 0.15) is 5.75 Å². The Morgan fingerprint density at radius 3 is 2.80 bits per heavy atom. The molecule has 0 saturated carbocycles. The number of hydrazine groups is 1. The van der Waals surface area contributed by atoms with E-state index in [2.05, 4.69) is 21.4 Å². The lowest BCUT2D eigenvalue weighted by Crippen LogP contribution is -2.47. The van der Waals surface area contributed by atoms with E-state index in [0.29, 0.717) is 13.0 Å². The monoisotopic (exact) mass is 362 g/mol. The van der Waals surface area contributed by atoms with Crippen LogP contribution in [-0.4, -0.2) is 32.6 Å². The number of nitrogens with one attached hydrogen (secondary N) is 1. The van der Waals surface area contributed by atoms with Crippen LogP contribution < -0.4 is 16.0 Å². The van der Waals surface area contributed by atoms with Gasteiger partial charge in [0.05, 0.1) is 11.9 Å². The highest BCUT2D eigenvalue weighted by molar-refractivity contribution is 9.10. The van der Waals surface area contributed by atoms with Crippen LogP contribution >= 0.6 is 15.9 Å². The highest BCUT2D eigenvalue weighted by Crippen LogP contribution is 2.34. The third-order valence-corrected chi connectivity index (χ3v) is 5.86. The Bertz CT molecular complexity index is 604. The van der Waals surface area contributed by atoms with Gasteiger partial charge in [-0.15, -0.1) is 0 Å². The van der Waals surface area contributed by atoms with Gasteiger partial charge in [0.2, 0.25) is 0 Å². The van der Waals surface area contributed by atoms with Crippen molar-refractivity contribution >= 4 is 25.8 Å². The van der Waals surface area contributed by atoms with Crippen LogP contribution in [0.3, 0.4) is 0 Å². The summed E-state index contributed by atoms with van der Waals surface area (Å²) in [5.74, 6) is 6.40. The molecule has 1 heterocycles. The number of hydrogen-bond acceptors (Lipinski definition) is 5. The zero-order chi connectivity index (χ0) is 14.9. The molecule has 1 aromatic carbocycles. The minimum Gasteiger partial charge on any atom is -0.493 e. The molecule has 20 heavy (non-hydrogen) atoms. The molecule has 2 atom stereocenters. The molecule has 0 aliphatic carbocycles. The summed E-state index contributed by atoms with van der Waals surface area (Å²) in [6.07, 6.45) is 2.61. The van der Waals surface area contributed by atoms with E-state index in [1.807, 2.05) is 12.1 Å². The van der Waals surface area contributed by atoms with Crippen LogP contribution in [0, 0.1) is 0 Å². The molecule has 0 aromatic heterocycles. The average Bonchev–Trinajstić information content (AvgIpc) is 2.81. The predicted molar refractivity (Wildman–Crippen MR) is 82.5 cm³/mol. The molecule has 1 aliphatic rings. The second-order valence-electron chi connectivity index (χ2n) is 5.16.